The van der Waals surface area contributed by atoms with Crippen molar-refractivity contribution in [3.8, 4) is 0 Å². The Bertz CT molecular complexity index is 588. The lowest BCUT2D eigenvalue weighted by atomic mass is 10.1. The summed E-state index contributed by atoms with van der Waals surface area (Å²) in [5, 5.41) is 4.20. The zero-order valence-electron chi connectivity index (χ0n) is 11.2. The predicted molar refractivity (Wildman–Crippen MR) is 69.7 cm³/mol. The molecule has 0 aromatic carbocycles. The minimum atomic E-state index is -4.44. The number of anilines is 1. The predicted octanol–water partition coefficient (Wildman–Crippen LogP) is 2.53. The molecule has 0 unspecified atom stereocenters. The van der Waals surface area contributed by atoms with Gasteiger partial charge in [0.1, 0.15) is 5.69 Å². The zero-order valence-corrected chi connectivity index (χ0v) is 11.2. The van der Waals surface area contributed by atoms with E-state index in [1.807, 2.05) is 16.9 Å². The molecule has 0 saturated carbocycles. The number of hydrogen-bond donors (Lipinski definition) is 0. The van der Waals surface area contributed by atoms with Gasteiger partial charge < -0.3 is 4.90 Å². The van der Waals surface area contributed by atoms with Crippen molar-refractivity contribution < 1.29 is 13.2 Å². The van der Waals surface area contributed by atoms with Crippen molar-refractivity contribution in [1.29, 1.82) is 0 Å². The Labute approximate surface area is 119 Å². The third kappa shape index (κ3) is 2.98. The molecule has 0 N–H and O–H groups in total. The molecule has 5 nitrogen and oxygen atoms in total. The highest BCUT2D eigenvalue weighted by atomic mass is 19.4. The van der Waals surface area contributed by atoms with Crippen LogP contribution in [0.25, 0.3) is 0 Å². The van der Waals surface area contributed by atoms with E-state index in [0.29, 0.717) is 13.1 Å². The van der Waals surface area contributed by atoms with E-state index in [9.17, 15) is 13.2 Å². The molecule has 112 valence electrons. The van der Waals surface area contributed by atoms with Gasteiger partial charge in [0.15, 0.2) is 0 Å². The first-order valence-corrected chi connectivity index (χ1v) is 6.68. The summed E-state index contributed by atoms with van der Waals surface area (Å²) in [4.78, 5) is 9.37. The first-order chi connectivity index (χ1) is 10.0. The van der Waals surface area contributed by atoms with Crippen LogP contribution in [0.15, 0.2) is 30.7 Å². The van der Waals surface area contributed by atoms with E-state index < -0.39 is 11.9 Å². The fourth-order valence-electron chi connectivity index (χ4n) is 2.49. The Balaban J connectivity index is 1.70. The van der Waals surface area contributed by atoms with Crippen molar-refractivity contribution in [3.63, 3.8) is 0 Å². The average molecular weight is 297 g/mol. The van der Waals surface area contributed by atoms with Gasteiger partial charge in [-0.2, -0.15) is 18.3 Å². The van der Waals surface area contributed by atoms with Crippen LogP contribution in [-0.2, 0) is 6.18 Å². The molecule has 3 heterocycles. The molecule has 21 heavy (non-hydrogen) atoms. The van der Waals surface area contributed by atoms with E-state index in [1.165, 1.54) is 0 Å². The van der Waals surface area contributed by atoms with Crippen LogP contribution in [-0.4, -0.2) is 32.8 Å². The summed E-state index contributed by atoms with van der Waals surface area (Å²) in [6.07, 6.45) is 1.96. The number of rotatable bonds is 2. The third-order valence-electron chi connectivity index (χ3n) is 3.58. The van der Waals surface area contributed by atoms with Crippen molar-refractivity contribution in [2.45, 2.75) is 25.1 Å². The molecule has 8 heteroatoms. The summed E-state index contributed by atoms with van der Waals surface area (Å²) in [7, 11) is 0. The summed E-state index contributed by atoms with van der Waals surface area (Å²) < 4.78 is 39.9. The molecule has 1 aliphatic rings. The monoisotopic (exact) mass is 297 g/mol. The molecule has 1 saturated heterocycles. The van der Waals surface area contributed by atoms with Gasteiger partial charge in [0.2, 0.25) is 5.95 Å². The van der Waals surface area contributed by atoms with Crippen molar-refractivity contribution in [3.05, 3.63) is 36.4 Å². The number of halogens is 3. The standard InChI is InChI=1S/C13H14F3N5/c14-13(15,16)11-2-6-17-12(19-11)20-8-3-10(4-9-20)21-7-1-5-18-21/h1-2,5-7,10H,3-4,8-9H2. The van der Waals surface area contributed by atoms with Gasteiger partial charge in [-0.15, -0.1) is 0 Å². The van der Waals surface area contributed by atoms with E-state index >= 15 is 0 Å². The first kappa shape index (κ1) is 13.8. The minimum absolute atomic E-state index is 0.142. The van der Waals surface area contributed by atoms with Gasteiger partial charge in [0, 0.05) is 31.7 Å². The molecule has 1 fully saturated rings. The van der Waals surface area contributed by atoms with Crippen molar-refractivity contribution in [2.24, 2.45) is 0 Å². The van der Waals surface area contributed by atoms with Gasteiger partial charge in [0.25, 0.3) is 0 Å². The highest BCUT2D eigenvalue weighted by Crippen LogP contribution is 2.29. The molecular formula is C13H14F3N5. The van der Waals surface area contributed by atoms with Gasteiger partial charge in [-0.1, -0.05) is 0 Å². The molecule has 0 radical (unpaired) electrons. The molecule has 0 bridgehead atoms. The summed E-state index contributed by atoms with van der Waals surface area (Å²) in [5.41, 5.74) is -0.901. The van der Waals surface area contributed by atoms with Gasteiger partial charge >= 0.3 is 6.18 Å². The number of hydrogen-bond acceptors (Lipinski definition) is 4. The quantitative estimate of drug-likeness (QED) is 0.854. The number of aromatic nitrogens is 4. The Kier molecular flexibility index (Phi) is 3.52. The highest BCUT2D eigenvalue weighted by Gasteiger charge is 2.33. The third-order valence-corrected chi connectivity index (χ3v) is 3.58. The number of alkyl halides is 3. The van der Waals surface area contributed by atoms with E-state index in [1.54, 1.807) is 11.1 Å². The summed E-state index contributed by atoms with van der Waals surface area (Å²) >= 11 is 0. The molecule has 2 aromatic heterocycles. The fraction of sp³-hybridized carbons (Fsp3) is 0.462. The van der Waals surface area contributed by atoms with Crippen LogP contribution in [0.2, 0.25) is 0 Å². The maximum atomic E-state index is 12.7. The lowest BCUT2D eigenvalue weighted by Gasteiger charge is -2.32. The van der Waals surface area contributed by atoms with E-state index in [2.05, 4.69) is 15.1 Å². The van der Waals surface area contributed by atoms with Crippen LogP contribution in [0.3, 0.4) is 0 Å². The Hall–Kier alpha value is -2.12. The smallest absolute Gasteiger partial charge is 0.341 e. The molecule has 1 aliphatic heterocycles. The van der Waals surface area contributed by atoms with Crippen LogP contribution in [0.4, 0.5) is 19.1 Å². The van der Waals surface area contributed by atoms with E-state index in [0.717, 1.165) is 25.1 Å². The fourth-order valence-corrected chi connectivity index (χ4v) is 2.49. The molecule has 0 aliphatic carbocycles. The second-order valence-electron chi connectivity index (χ2n) is 4.94. The van der Waals surface area contributed by atoms with Gasteiger partial charge in [-0.25, -0.2) is 9.97 Å². The van der Waals surface area contributed by atoms with Crippen LogP contribution >= 0.6 is 0 Å². The summed E-state index contributed by atoms with van der Waals surface area (Å²) in [5.74, 6) is 0.142. The molecule has 3 rings (SSSR count). The van der Waals surface area contributed by atoms with Gasteiger partial charge in [0.05, 0.1) is 6.04 Å². The average Bonchev–Trinajstić information content (AvgIpc) is 3.01. The Morgan fingerprint density at radius 3 is 2.52 bits per heavy atom. The van der Waals surface area contributed by atoms with E-state index in [4.69, 9.17) is 0 Å². The SMILES string of the molecule is FC(F)(F)c1ccnc(N2CCC(n3cccn3)CC2)n1. The minimum Gasteiger partial charge on any atom is -0.341 e. The second kappa shape index (κ2) is 5.34. The molecule has 0 amide bonds. The molecule has 0 atom stereocenters. The largest absolute Gasteiger partial charge is 0.433 e. The number of piperidine rings is 1. The maximum absolute atomic E-state index is 12.7. The Morgan fingerprint density at radius 1 is 1.14 bits per heavy atom. The van der Waals surface area contributed by atoms with Crippen LogP contribution in [0.5, 0.6) is 0 Å². The molecule has 2 aromatic rings. The number of nitrogens with zero attached hydrogens (tertiary/aromatic N) is 5. The second-order valence-corrected chi connectivity index (χ2v) is 4.94. The lowest BCUT2D eigenvalue weighted by molar-refractivity contribution is -0.141. The normalized spacial score (nSPS) is 17.2. The summed E-state index contributed by atoms with van der Waals surface area (Å²) in [6, 6.07) is 3.03. The molecular weight excluding hydrogens is 283 g/mol. The maximum Gasteiger partial charge on any atom is 0.433 e. The van der Waals surface area contributed by atoms with Crippen LogP contribution in [0.1, 0.15) is 24.6 Å². The van der Waals surface area contributed by atoms with Crippen molar-refractivity contribution >= 4 is 5.95 Å². The van der Waals surface area contributed by atoms with Gasteiger partial charge in [-0.05, 0) is 25.0 Å². The van der Waals surface area contributed by atoms with Gasteiger partial charge in [-0.3, -0.25) is 4.68 Å². The highest BCUT2D eigenvalue weighted by molar-refractivity contribution is 5.31. The van der Waals surface area contributed by atoms with Crippen LogP contribution in [0, 0.1) is 0 Å². The van der Waals surface area contributed by atoms with Crippen molar-refractivity contribution in [2.75, 3.05) is 18.0 Å². The van der Waals surface area contributed by atoms with Crippen molar-refractivity contribution in [1.82, 2.24) is 19.7 Å². The lowest BCUT2D eigenvalue weighted by Crippen LogP contribution is -2.36. The summed E-state index contributed by atoms with van der Waals surface area (Å²) in [6.45, 7) is 1.23. The molecule has 0 spiro atoms. The first-order valence-electron chi connectivity index (χ1n) is 6.68. The zero-order chi connectivity index (χ0) is 14.9. The Morgan fingerprint density at radius 2 is 1.90 bits per heavy atom. The van der Waals surface area contributed by atoms with E-state index in [-0.39, 0.29) is 12.0 Å². The topological polar surface area (TPSA) is 46.8 Å². The van der Waals surface area contributed by atoms with Crippen LogP contribution < -0.4 is 4.90 Å².